The van der Waals surface area contributed by atoms with E-state index in [2.05, 4.69) is 15.8 Å². The fraction of sp³-hybridized carbons (Fsp3) is 0.875. The first-order valence-corrected chi connectivity index (χ1v) is 4.43. The van der Waals surface area contributed by atoms with E-state index in [4.69, 9.17) is 10.5 Å². The van der Waals surface area contributed by atoms with E-state index in [1.807, 2.05) is 13.8 Å². The molecule has 0 aromatic rings. The topological polar surface area (TPSA) is 71.7 Å². The van der Waals surface area contributed by atoms with Crippen molar-refractivity contribution in [2.24, 2.45) is 10.8 Å². The van der Waals surface area contributed by atoms with Gasteiger partial charge in [-0.25, -0.2) is 0 Å². The summed E-state index contributed by atoms with van der Waals surface area (Å²) in [6, 6.07) is 0. The lowest BCUT2D eigenvalue weighted by Crippen LogP contribution is -2.30. The van der Waals surface area contributed by atoms with Crippen molar-refractivity contribution in [3.8, 4) is 0 Å². The fourth-order valence-corrected chi connectivity index (χ4v) is 0.665. The van der Waals surface area contributed by atoms with Gasteiger partial charge in [-0.15, -0.1) is 0 Å². The molecule has 0 heterocycles. The molecule has 78 valence electrons. The lowest BCUT2D eigenvalue weighted by atomic mass is 10.4. The third-order valence-electron chi connectivity index (χ3n) is 1.49. The Morgan fingerprint density at radius 1 is 1.62 bits per heavy atom. The molecule has 0 saturated carbocycles. The highest BCUT2D eigenvalue weighted by molar-refractivity contribution is 5.83. The van der Waals surface area contributed by atoms with E-state index in [9.17, 15) is 0 Å². The average Bonchev–Trinajstić information content (AvgIpc) is 2.14. The van der Waals surface area contributed by atoms with Crippen LogP contribution in [-0.4, -0.2) is 38.7 Å². The smallest absolute Gasteiger partial charge is 0.139 e. The first-order valence-electron chi connectivity index (χ1n) is 4.43. The highest BCUT2D eigenvalue weighted by Gasteiger charge is 1.94. The number of hydrogen-bond donors (Lipinski definition) is 3. The predicted molar refractivity (Wildman–Crippen MR) is 54.6 cm³/mol. The fourth-order valence-electron chi connectivity index (χ4n) is 0.665. The second-order valence-corrected chi connectivity index (χ2v) is 2.82. The largest absolute Gasteiger partial charge is 0.361 e. The van der Waals surface area contributed by atoms with Gasteiger partial charge in [-0.3, -0.25) is 5.43 Å². The van der Waals surface area contributed by atoms with Gasteiger partial charge in [0.05, 0.1) is 0 Å². The molecule has 0 saturated heterocycles. The molecule has 0 bridgehead atoms. The quantitative estimate of drug-likeness (QED) is 0.218. The molecule has 13 heavy (non-hydrogen) atoms. The zero-order valence-electron chi connectivity index (χ0n) is 8.63. The van der Waals surface area contributed by atoms with Crippen LogP contribution in [0.4, 0.5) is 0 Å². The third kappa shape index (κ3) is 7.70. The van der Waals surface area contributed by atoms with Gasteiger partial charge in [0.1, 0.15) is 6.23 Å². The van der Waals surface area contributed by atoms with E-state index in [1.54, 1.807) is 7.11 Å². The summed E-state index contributed by atoms with van der Waals surface area (Å²) in [6.45, 7) is 6.05. The molecule has 1 unspecified atom stereocenters. The second-order valence-electron chi connectivity index (χ2n) is 2.82. The van der Waals surface area contributed by atoms with Crippen LogP contribution in [0.1, 0.15) is 13.8 Å². The van der Waals surface area contributed by atoms with Gasteiger partial charge in [-0.1, -0.05) is 0 Å². The van der Waals surface area contributed by atoms with Crippen LogP contribution in [0.25, 0.3) is 0 Å². The summed E-state index contributed by atoms with van der Waals surface area (Å²) in [5.41, 5.74) is 9.16. The van der Waals surface area contributed by atoms with Gasteiger partial charge in [0, 0.05) is 32.5 Å². The summed E-state index contributed by atoms with van der Waals surface area (Å²) < 4.78 is 4.97. The molecule has 0 aromatic heterocycles. The van der Waals surface area contributed by atoms with Crippen molar-refractivity contribution in [3.63, 3.8) is 0 Å². The minimum absolute atomic E-state index is 0.0514. The maximum absolute atomic E-state index is 5.32. The van der Waals surface area contributed by atoms with Crippen LogP contribution < -0.4 is 16.5 Å². The number of ether oxygens (including phenoxy) is 1. The molecule has 4 N–H and O–H groups in total. The molecule has 0 aromatic carbocycles. The Labute approximate surface area is 79.7 Å². The molecule has 0 spiro atoms. The number of methoxy groups -OCH3 is 1. The highest BCUT2D eigenvalue weighted by atomic mass is 16.5. The Balaban J connectivity index is 3.50. The van der Waals surface area contributed by atoms with Crippen molar-refractivity contribution < 1.29 is 4.74 Å². The Morgan fingerprint density at radius 3 is 2.85 bits per heavy atom. The molecule has 0 radical (unpaired) electrons. The molecule has 0 amide bonds. The highest BCUT2D eigenvalue weighted by Crippen LogP contribution is 1.81. The lowest BCUT2D eigenvalue weighted by molar-refractivity contribution is 0.0906. The SMILES string of the molecule is COC(C)N/N=C(\C)CNCCN. The monoisotopic (exact) mass is 188 g/mol. The molecule has 0 aliphatic heterocycles. The van der Waals surface area contributed by atoms with E-state index in [1.165, 1.54) is 0 Å². The van der Waals surface area contributed by atoms with Crippen molar-refractivity contribution >= 4 is 5.71 Å². The minimum atomic E-state index is -0.0514. The van der Waals surface area contributed by atoms with Crippen LogP contribution in [0.15, 0.2) is 5.10 Å². The summed E-state index contributed by atoms with van der Waals surface area (Å²) >= 11 is 0. The maximum Gasteiger partial charge on any atom is 0.139 e. The molecule has 1 atom stereocenters. The first-order chi connectivity index (χ1) is 6.20. The number of hydrazone groups is 1. The first kappa shape index (κ1) is 12.3. The summed E-state index contributed by atoms with van der Waals surface area (Å²) in [5, 5.41) is 7.25. The number of nitrogens with two attached hydrogens (primary N) is 1. The molecular weight excluding hydrogens is 168 g/mol. The van der Waals surface area contributed by atoms with Crippen LogP contribution >= 0.6 is 0 Å². The average molecular weight is 188 g/mol. The molecule has 0 rings (SSSR count). The number of nitrogens with one attached hydrogen (secondary N) is 2. The van der Waals surface area contributed by atoms with Gasteiger partial charge in [-0.05, 0) is 13.8 Å². The Morgan fingerprint density at radius 2 is 2.31 bits per heavy atom. The summed E-state index contributed by atoms with van der Waals surface area (Å²) in [5.74, 6) is 0. The van der Waals surface area contributed by atoms with Crippen LogP contribution in [0.2, 0.25) is 0 Å². The van der Waals surface area contributed by atoms with Crippen molar-refractivity contribution in [1.29, 1.82) is 0 Å². The molecule has 0 aliphatic carbocycles. The number of rotatable bonds is 7. The molecule has 5 heteroatoms. The van der Waals surface area contributed by atoms with Gasteiger partial charge < -0.3 is 15.8 Å². The Kier molecular flexibility index (Phi) is 7.57. The minimum Gasteiger partial charge on any atom is -0.361 e. The van der Waals surface area contributed by atoms with Crippen molar-refractivity contribution in [1.82, 2.24) is 10.7 Å². The van der Waals surface area contributed by atoms with E-state index in [0.29, 0.717) is 6.54 Å². The maximum atomic E-state index is 5.32. The van der Waals surface area contributed by atoms with Gasteiger partial charge in [0.2, 0.25) is 0 Å². The van der Waals surface area contributed by atoms with Crippen LogP contribution in [0, 0.1) is 0 Å². The van der Waals surface area contributed by atoms with Gasteiger partial charge >= 0.3 is 0 Å². The zero-order valence-corrected chi connectivity index (χ0v) is 8.63. The molecule has 0 fully saturated rings. The van der Waals surface area contributed by atoms with E-state index >= 15 is 0 Å². The Bertz CT molecular complexity index is 149. The summed E-state index contributed by atoms with van der Waals surface area (Å²) in [4.78, 5) is 0. The predicted octanol–water partition coefficient (Wildman–Crippen LogP) is -0.507. The number of hydrogen-bond acceptors (Lipinski definition) is 5. The normalized spacial score (nSPS) is 14.3. The van der Waals surface area contributed by atoms with Gasteiger partial charge in [0.15, 0.2) is 0 Å². The van der Waals surface area contributed by atoms with Crippen molar-refractivity contribution in [2.45, 2.75) is 20.1 Å². The van der Waals surface area contributed by atoms with Crippen LogP contribution in [0.3, 0.4) is 0 Å². The van der Waals surface area contributed by atoms with Crippen molar-refractivity contribution in [2.75, 3.05) is 26.7 Å². The van der Waals surface area contributed by atoms with Crippen molar-refractivity contribution in [3.05, 3.63) is 0 Å². The van der Waals surface area contributed by atoms with Gasteiger partial charge in [0.25, 0.3) is 0 Å². The van der Waals surface area contributed by atoms with E-state index < -0.39 is 0 Å². The molecular formula is C8H20N4O. The van der Waals surface area contributed by atoms with E-state index in [-0.39, 0.29) is 6.23 Å². The molecule has 0 aliphatic rings. The van der Waals surface area contributed by atoms with Crippen LogP contribution in [-0.2, 0) is 4.74 Å². The summed E-state index contributed by atoms with van der Waals surface area (Å²) in [7, 11) is 1.63. The zero-order chi connectivity index (χ0) is 10.1. The summed E-state index contributed by atoms with van der Waals surface area (Å²) in [6.07, 6.45) is -0.0514. The third-order valence-corrected chi connectivity index (χ3v) is 1.49. The Hall–Kier alpha value is -0.650. The second kappa shape index (κ2) is 7.97. The van der Waals surface area contributed by atoms with Gasteiger partial charge in [-0.2, -0.15) is 5.10 Å². The van der Waals surface area contributed by atoms with E-state index in [0.717, 1.165) is 18.8 Å². The molecule has 5 nitrogen and oxygen atoms in total. The lowest BCUT2D eigenvalue weighted by Gasteiger charge is -2.09. The standard InChI is InChI=1S/C8H20N4O/c1-7(6-10-5-4-9)11-12-8(2)13-3/h8,10,12H,4-6,9H2,1-3H3/b11-7+. The number of nitrogens with zero attached hydrogens (tertiary/aromatic N) is 1. The van der Waals surface area contributed by atoms with Crippen LogP contribution in [0.5, 0.6) is 0 Å².